The lowest BCUT2D eigenvalue weighted by molar-refractivity contribution is 0.0580. The number of pyridine rings is 1. The van der Waals surface area contributed by atoms with Crippen molar-refractivity contribution in [2.24, 2.45) is 0 Å². The van der Waals surface area contributed by atoms with Crippen LogP contribution < -0.4 is 0 Å². The summed E-state index contributed by atoms with van der Waals surface area (Å²) in [5, 5.41) is 9.36. The van der Waals surface area contributed by atoms with E-state index in [1.54, 1.807) is 6.07 Å². The van der Waals surface area contributed by atoms with E-state index in [0.29, 0.717) is 12.1 Å². The van der Waals surface area contributed by atoms with E-state index in [9.17, 15) is 14.7 Å². The van der Waals surface area contributed by atoms with Gasteiger partial charge < -0.3 is 10.0 Å². The molecule has 0 atom stereocenters. The summed E-state index contributed by atoms with van der Waals surface area (Å²) in [5.74, 6) is -1.17. The Morgan fingerprint density at radius 1 is 1.15 bits per heavy atom. The van der Waals surface area contributed by atoms with Crippen LogP contribution in [0.2, 0.25) is 0 Å². The molecule has 6 heteroatoms. The zero-order chi connectivity index (χ0) is 18.1. The topological polar surface area (TPSA) is 73.7 Å². The number of likely N-dealkylation sites (tertiary alicyclic amines) is 1. The van der Waals surface area contributed by atoms with Crippen LogP contribution in [0.15, 0.2) is 42.7 Å². The standard InChI is InChI=1S/C20H21N3O3/c24-19-18-15(2-1-3-17(18)20(25)26)13-23(19)16-6-10-22(11-7-16)12-14-4-8-21-9-5-14/h1-5,8-9,16H,6-7,10-13H2,(H,25,26). The summed E-state index contributed by atoms with van der Waals surface area (Å²) in [5.41, 5.74) is 2.56. The second kappa shape index (κ2) is 6.88. The van der Waals surface area contributed by atoms with Crippen molar-refractivity contribution in [1.29, 1.82) is 0 Å². The maximum atomic E-state index is 12.8. The molecule has 0 aliphatic carbocycles. The number of carboxylic acid groups (broad SMARTS) is 1. The number of fused-ring (bicyclic) bond motifs is 1. The van der Waals surface area contributed by atoms with E-state index in [0.717, 1.165) is 38.0 Å². The van der Waals surface area contributed by atoms with Crippen LogP contribution in [0, 0.1) is 0 Å². The average molecular weight is 351 g/mol. The molecule has 1 fully saturated rings. The van der Waals surface area contributed by atoms with Crippen LogP contribution in [0.3, 0.4) is 0 Å². The third-order valence-electron chi connectivity index (χ3n) is 5.35. The highest BCUT2D eigenvalue weighted by atomic mass is 16.4. The number of carboxylic acids is 1. The minimum atomic E-state index is -1.04. The zero-order valence-electron chi connectivity index (χ0n) is 14.5. The molecule has 3 heterocycles. The Morgan fingerprint density at radius 3 is 2.58 bits per heavy atom. The number of rotatable bonds is 4. The van der Waals surface area contributed by atoms with Crippen molar-refractivity contribution in [3.63, 3.8) is 0 Å². The predicted molar refractivity (Wildman–Crippen MR) is 95.8 cm³/mol. The largest absolute Gasteiger partial charge is 0.478 e. The minimum absolute atomic E-state index is 0.116. The van der Waals surface area contributed by atoms with Crippen LogP contribution in [-0.2, 0) is 13.1 Å². The van der Waals surface area contributed by atoms with Crippen molar-refractivity contribution in [2.45, 2.75) is 32.0 Å². The fraction of sp³-hybridized carbons (Fsp3) is 0.350. The number of piperidine rings is 1. The molecule has 6 nitrogen and oxygen atoms in total. The summed E-state index contributed by atoms with van der Waals surface area (Å²) in [7, 11) is 0. The van der Waals surface area contributed by atoms with Gasteiger partial charge in [0.1, 0.15) is 0 Å². The highest BCUT2D eigenvalue weighted by molar-refractivity contribution is 6.07. The fourth-order valence-corrected chi connectivity index (χ4v) is 3.99. The molecule has 1 aromatic carbocycles. The van der Waals surface area contributed by atoms with Gasteiger partial charge in [-0.05, 0) is 42.2 Å². The third kappa shape index (κ3) is 3.08. The van der Waals surface area contributed by atoms with E-state index < -0.39 is 5.97 Å². The molecule has 134 valence electrons. The normalized spacial score (nSPS) is 18.2. The highest BCUT2D eigenvalue weighted by Crippen LogP contribution is 2.31. The van der Waals surface area contributed by atoms with Gasteiger partial charge in [-0.2, -0.15) is 0 Å². The summed E-state index contributed by atoms with van der Waals surface area (Å²) in [6.07, 6.45) is 5.44. The van der Waals surface area contributed by atoms with Crippen LogP contribution in [0.4, 0.5) is 0 Å². The van der Waals surface area contributed by atoms with E-state index in [1.807, 2.05) is 35.5 Å². The number of aromatic carboxylic acids is 1. The Bertz CT molecular complexity index is 829. The smallest absolute Gasteiger partial charge is 0.336 e. The van der Waals surface area contributed by atoms with Gasteiger partial charge in [0.25, 0.3) is 5.91 Å². The summed E-state index contributed by atoms with van der Waals surface area (Å²) >= 11 is 0. The molecule has 0 bridgehead atoms. The molecule has 1 saturated heterocycles. The number of nitrogens with zero attached hydrogens (tertiary/aromatic N) is 3. The molecule has 2 aliphatic heterocycles. The SMILES string of the molecule is O=C(O)c1cccc2c1C(=O)N(C1CCN(Cc3ccncc3)CC1)C2. The highest BCUT2D eigenvalue weighted by Gasteiger charge is 2.36. The zero-order valence-corrected chi connectivity index (χ0v) is 14.5. The number of amides is 1. The number of hydrogen-bond acceptors (Lipinski definition) is 4. The van der Waals surface area contributed by atoms with Gasteiger partial charge in [-0.1, -0.05) is 12.1 Å². The van der Waals surface area contributed by atoms with Crippen molar-refractivity contribution in [2.75, 3.05) is 13.1 Å². The molecule has 26 heavy (non-hydrogen) atoms. The molecular formula is C20H21N3O3. The quantitative estimate of drug-likeness (QED) is 0.916. The van der Waals surface area contributed by atoms with Crippen molar-refractivity contribution in [1.82, 2.24) is 14.8 Å². The van der Waals surface area contributed by atoms with Crippen LogP contribution in [0.1, 0.15) is 44.7 Å². The van der Waals surface area contributed by atoms with Crippen LogP contribution in [-0.4, -0.2) is 50.9 Å². The van der Waals surface area contributed by atoms with E-state index in [-0.39, 0.29) is 17.5 Å². The molecule has 1 aromatic heterocycles. The third-order valence-corrected chi connectivity index (χ3v) is 5.35. The summed E-state index contributed by atoms with van der Waals surface area (Å²) in [4.78, 5) is 32.6. The molecule has 2 aliphatic rings. The van der Waals surface area contributed by atoms with Gasteiger partial charge in [0.15, 0.2) is 0 Å². The first kappa shape index (κ1) is 16.7. The van der Waals surface area contributed by atoms with E-state index >= 15 is 0 Å². The second-order valence-electron chi connectivity index (χ2n) is 6.94. The van der Waals surface area contributed by atoms with Crippen LogP contribution >= 0.6 is 0 Å². The van der Waals surface area contributed by atoms with Gasteiger partial charge in [0, 0.05) is 44.6 Å². The Balaban J connectivity index is 1.42. The first-order chi connectivity index (χ1) is 12.6. The number of hydrogen-bond donors (Lipinski definition) is 1. The van der Waals surface area contributed by atoms with Gasteiger partial charge >= 0.3 is 5.97 Å². The van der Waals surface area contributed by atoms with E-state index in [1.165, 1.54) is 11.6 Å². The Labute approximate surface area is 152 Å². The molecule has 1 N–H and O–H groups in total. The van der Waals surface area contributed by atoms with Crippen molar-refractivity contribution >= 4 is 11.9 Å². The Hall–Kier alpha value is -2.73. The molecule has 0 spiro atoms. The molecule has 4 rings (SSSR count). The lowest BCUT2D eigenvalue weighted by atomic mass is 10.0. The summed E-state index contributed by atoms with van der Waals surface area (Å²) < 4.78 is 0. The van der Waals surface area contributed by atoms with E-state index in [2.05, 4.69) is 9.88 Å². The predicted octanol–water partition coefficient (Wildman–Crippen LogP) is 2.40. The summed E-state index contributed by atoms with van der Waals surface area (Å²) in [6.45, 7) is 3.27. The Kier molecular flexibility index (Phi) is 4.42. The summed E-state index contributed by atoms with van der Waals surface area (Å²) in [6, 6.07) is 9.32. The lowest BCUT2D eigenvalue weighted by Gasteiger charge is -2.36. The van der Waals surface area contributed by atoms with Gasteiger partial charge in [-0.3, -0.25) is 14.7 Å². The van der Waals surface area contributed by atoms with Gasteiger partial charge in [-0.15, -0.1) is 0 Å². The monoisotopic (exact) mass is 351 g/mol. The second-order valence-corrected chi connectivity index (χ2v) is 6.94. The van der Waals surface area contributed by atoms with Crippen molar-refractivity contribution in [3.8, 4) is 0 Å². The number of benzene rings is 1. The first-order valence-electron chi connectivity index (χ1n) is 8.91. The molecule has 0 unspecified atom stereocenters. The molecule has 2 aromatic rings. The maximum Gasteiger partial charge on any atom is 0.336 e. The van der Waals surface area contributed by atoms with Gasteiger partial charge in [0.05, 0.1) is 11.1 Å². The molecular weight excluding hydrogens is 330 g/mol. The number of carbonyl (C=O) groups is 2. The lowest BCUT2D eigenvalue weighted by Crippen LogP contribution is -2.44. The van der Waals surface area contributed by atoms with Crippen molar-refractivity contribution < 1.29 is 14.7 Å². The molecule has 0 saturated carbocycles. The number of carbonyl (C=O) groups excluding carboxylic acids is 1. The number of aromatic nitrogens is 1. The maximum absolute atomic E-state index is 12.8. The average Bonchev–Trinajstić information content (AvgIpc) is 3.00. The minimum Gasteiger partial charge on any atom is -0.478 e. The first-order valence-corrected chi connectivity index (χ1v) is 8.91. The Morgan fingerprint density at radius 2 is 1.88 bits per heavy atom. The fourth-order valence-electron chi connectivity index (χ4n) is 3.99. The van der Waals surface area contributed by atoms with E-state index in [4.69, 9.17) is 0 Å². The molecule has 0 radical (unpaired) electrons. The van der Waals surface area contributed by atoms with Crippen molar-refractivity contribution in [3.05, 3.63) is 65.0 Å². The molecule has 1 amide bonds. The van der Waals surface area contributed by atoms with Crippen LogP contribution in [0.5, 0.6) is 0 Å². The van der Waals surface area contributed by atoms with Gasteiger partial charge in [0.2, 0.25) is 0 Å². The van der Waals surface area contributed by atoms with Gasteiger partial charge in [-0.25, -0.2) is 4.79 Å². The van der Waals surface area contributed by atoms with Crippen LogP contribution in [0.25, 0.3) is 0 Å².